The van der Waals surface area contributed by atoms with Crippen molar-refractivity contribution in [3.63, 3.8) is 0 Å². The zero-order valence-corrected chi connectivity index (χ0v) is 16.7. The molecule has 2 fully saturated rings. The number of piperidine rings is 1. The lowest BCUT2D eigenvalue weighted by atomic mass is 9.96. The number of hydrogen-bond acceptors (Lipinski definition) is 5. The van der Waals surface area contributed by atoms with Gasteiger partial charge in [-0.15, -0.1) is 0 Å². The summed E-state index contributed by atoms with van der Waals surface area (Å²) in [6.45, 7) is 10.1. The van der Waals surface area contributed by atoms with Gasteiger partial charge < -0.3 is 24.2 Å². The predicted octanol–water partition coefficient (Wildman–Crippen LogP) is 1.95. The Labute approximate surface area is 163 Å². The summed E-state index contributed by atoms with van der Waals surface area (Å²) in [6.07, 6.45) is 2.18. The minimum atomic E-state index is 0.0688. The Bertz CT molecular complexity index is 594. The Kier molecular flexibility index (Phi) is 7.35. The molecule has 0 N–H and O–H groups in total. The highest BCUT2D eigenvalue weighted by molar-refractivity contribution is 5.78. The van der Waals surface area contributed by atoms with Crippen LogP contribution >= 0.6 is 0 Å². The molecule has 6 heteroatoms. The van der Waals surface area contributed by atoms with Gasteiger partial charge in [-0.2, -0.15) is 0 Å². The molecular formula is C21H33N3O3. The van der Waals surface area contributed by atoms with E-state index in [-0.39, 0.29) is 12.5 Å². The van der Waals surface area contributed by atoms with Crippen molar-refractivity contribution >= 4 is 5.91 Å². The van der Waals surface area contributed by atoms with Gasteiger partial charge in [-0.3, -0.25) is 4.79 Å². The molecule has 0 aromatic heterocycles. The van der Waals surface area contributed by atoms with Gasteiger partial charge in [0.15, 0.2) is 18.1 Å². The van der Waals surface area contributed by atoms with E-state index >= 15 is 0 Å². The predicted molar refractivity (Wildman–Crippen MR) is 106 cm³/mol. The topological polar surface area (TPSA) is 45.3 Å². The number of nitrogens with zero attached hydrogens (tertiary/aromatic N) is 3. The summed E-state index contributed by atoms with van der Waals surface area (Å²) in [5.74, 6) is 2.10. The number of hydrogen-bond donors (Lipinski definition) is 0. The van der Waals surface area contributed by atoms with Crippen LogP contribution in [0.15, 0.2) is 24.3 Å². The number of ether oxygens (including phenoxy) is 2. The second kappa shape index (κ2) is 9.95. The van der Waals surface area contributed by atoms with Crippen LogP contribution in [0.2, 0.25) is 0 Å². The van der Waals surface area contributed by atoms with Gasteiger partial charge in [0, 0.05) is 45.8 Å². The molecule has 0 bridgehead atoms. The fraction of sp³-hybridized carbons (Fsp3) is 0.667. The normalized spacial score (nSPS) is 19.9. The fourth-order valence-corrected chi connectivity index (χ4v) is 3.84. The number of carbonyl (C=O) groups is 1. The molecule has 1 aromatic rings. The maximum Gasteiger partial charge on any atom is 0.260 e. The Morgan fingerprint density at radius 2 is 1.63 bits per heavy atom. The van der Waals surface area contributed by atoms with E-state index < -0.39 is 0 Å². The first-order valence-electron chi connectivity index (χ1n) is 10.2. The first kappa shape index (κ1) is 20.0. The number of amides is 1. The SMILES string of the molecule is CCOc1ccccc1OCC(=O)N1CCC(CN2CCN(C)CC2)CC1. The van der Waals surface area contributed by atoms with Gasteiger partial charge in [-0.25, -0.2) is 0 Å². The van der Waals surface area contributed by atoms with E-state index in [9.17, 15) is 4.79 Å². The molecule has 0 aliphatic carbocycles. The number of likely N-dealkylation sites (N-methyl/N-ethyl adjacent to an activating group) is 1. The van der Waals surface area contributed by atoms with Crippen LogP contribution in [0.3, 0.4) is 0 Å². The highest BCUT2D eigenvalue weighted by atomic mass is 16.5. The molecule has 2 saturated heterocycles. The Morgan fingerprint density at radius 3 is 2.26 bits per heavy atom. The summed E-state index contributed by atoms with van der Waals surface area (Å²) >= 11 is 0. The Hall–Kier alpha value is -1.79. The van der Waals surface area contributed by atoms with Gasteiger partial charge >= 0.3 is 0 Å². The van der Waals surface area contributed by atoms with Crippen molar-refractivity contribution in [1.29, 1.82) is 0 Å². The number of likely N-dealkylation sites (tertiary alicyclic amines) is 1. The molecule has 150 valence electrons. The molecule has 2 aliphatic rings. The average Bonchev–Trinajstić information content (AvgIpc) is 2.70. The van der Waals surface area contributed by atoms with Gasteiger partial charge in [-0.05, 0) is 44.9 Å². The number of rotatable bonds is 7. The van der Waals surface area contributed by atoms with Gasteiger partial charge in [0.25, 0.3) is 5.91 Å². The molecule has 27 heavy (non-hydrogen) atoms. The van der Waals surface area contributed by atoms with Crippen LogP contribution in [0.5, 0.6) is 11.5 Å². The number of piperazine rings is 1. The van der Waals surface area contributed by atoms with E-state index in [1.165, 1.54) is 19.6 Å². The van der Waals surface area contributed by atoms with Gasteiger partial charge in [0.05, 0.1) is 6.61 Å². The van der Waals surface area contributed by atoms with Crippen LogP contribution in [0.1, 0.15) is 19.8 Å². The average molecular weight is 376 g/mol. The molecule has 1 amide bonds. The van der Waals surface area contributed by atoms with Gasteiger partial charge in [0.1, 0.15) is 0 Å². The lowest BCUT2D eigenvalue weighted by molar-refractivity contribution is -0.134. The summed E-state index contributed by atoms with van der Waals surface area (Å²) < 4.78 is 11.3. The van der Waals surface area contributed by atoms with E-state index in [0.717, 1.165) is 39.0 Å². The first-order chi connectivity index (χ1) is 13.2. The maximum absolute atomic E-state index is 12.5. The molecule has 0 saturated carbocycles. The molecule has 2 heterocycles. The third-order valence-corrected chi connectivity index (χ3v) is 5.58. The standard InChI is InChI=1S/C21H33N3O3/c1-3-26-19-6-4-5-7-20(19)27-17-21(25)24-10-8-18(9-11-24)16-23-14-12-22(2)13-15-23/h4-7,18H,3,8-17H2,1-2H3. The van der Waals surface area contributed by atoms with Crippen LogP contribution in [-0.2, 0) is 4.79 Å². The van der Waals surface area contributed by atoms with Gasteiger partial charge in [0.2, 0.25) is 0 Å². The largest absolute Gasteiger partial charge is 0.490 e. The molecule has 0 radical (unpaired) electrons. The molecule has 6 nitrogen and oxygen atoms in total. The summed E-state index contributed by atoms with van der Waals surface area (Å²) in [5.41, 5.74) is 0. The smallest absolute Gasteiger partial charge is 0.260 e. The van der Waals surface area contributed by atoms with Crippen LogP contribution in [0.25, 0.3) is 0 Å². The van der Waals surface area contributed by atoms with E-state index in [1.54, 1.807) is 0 Å². The van der Waals surface area contributed by atoms with Crippen LogP contribution in [-0.4, -0.2) is 86.7 Å². The monoisotopic (exact) mass is 375 g/mol. The van der Waals surface area contributed by atoms with Crippen molar-refractivity contribution in [3.05, 3.63) is 24.3 Å². The molecule has 2 aliphatic heterocycles. The zero-order chi connectivity index (χ0) is 19.1. The maximum atomic E-state index is 12.5. The van der Waals surface area contributed by atoms with Gasteiger partial charge in [-0.1, -0.05) is 12.1 Å². The third kappa shape index (κ3) is 5.84. The van der Waals surface area contributed by atoms with E-state index in [4.69, 9.17) is 9.47 Å². The summed E-state index contributed by atoms with van der Waals surface area (Å²) in [7, 11) is 2.19. The van der Waals surface area contributed by atoms with E-state index in [1.807, 2.05) is 36.1 Å². The molecule has 1 aromatic carbocycles. The number of carbonyl (C=O) groups excluding carboxylic acids is 1. The summed E-state index contributed by atoms with van der Waals surface area (Å²) in [5, 5.41) is 0. The fourth-order valence-electron chi connectivity index (χ4n) is 3.84. The van der Waals surface area contributed by atoms with Crippen molar-refractivity contribution in [2.45, 2.75) is 19.8 Å². The number of benzene rings is 1. The lowest BCUT2D eigenvalue weighted by Crippen LogP contribution is -2.48. The van der Waals surface area contributed by atoms with E-state index in [2.05, 4.69) is 16.8 Å². The van der Waals surface area contributed by atoms with Crippen molar-refractivity contribution in [2.24, 2.45) is 5.92 Å². The summed E-state index contributed by atoms with van der Waals surface area (Å²) in [4.78, 5) is 19.4. The van der Waals surface area contributed by atoms with Crippen LogP contribution in [0.4, 0.5) is 0 Å². The lowest BCUT2D eigenvalue weighted by Gasteiger charge is -2.38. The highest BCUT2D eigenvalue weighted by Gasteiger charge is 2.25. The third-order valence-electron chi connectivity index (χ3n) is 5.58. The number of para-hydroxylation sites is 2. The highest BCUT2D eigenvalue weighted by Crippen LogP contribution is 2.26. The second-order valence-electron chi connectivity index (χ2n) is 7.60. The Balaban J connectivity index is 1.40. The first-order valence-corrected chi connectivity index (χ1v) is 10.2. The van der Waals surface area contributed by atoms with Crippen LogP contribution in [0, 0.1) is 5.92 Å². The molecule has 0 unspecified atom stereocenters. The quantitative estimate of drug-likeness (QED) is 0.729. The minimum Gasteiger partial charge on any atom is -0.490 e. The minimum absolute atomic E-state index is 0.0688. The Morgan fingerprint density at radius 1 is 1.00 bits per heavy atom. The van der Waals surface area contributed by atoms with E-state index in [0.29, 0.717) is 24.0 Å². The molecule has 0 spiro atoms. The van der Waals surface area contributed by atoms with Crippen LogP contribution < -0.4 is 9.47 Å². The van der Waals surface area contributed by atoms with Crippen molar-refractivity contribution in [3.8, 4) is 11.5 Å². The second-order valence-corrected chi connectivity index (χ2v) is 7.60. The molecular weight excluding hydrogens is 342 g/mol. The summed E-state index contributed by atoms with van der Waals surface area (Å²) in [6, 6.07) is 7.52. The van der Waals surface area contributed by atoms with Crippen molar-refractivity contribution < 1.29 is 14.3 Å². The van der Waals surface area contributed by atoms with Crippen molar-refractivity contribution in [1.82, 2.24) is 14.7 Å². The van der Waals surface area contributed by atoms with Crippen molar-refractivity contribution in [2.75, 3.05) is 66.1 Å². The molecule has 0 atom stereocenters. The zero-order valence-electron chi connectivity index (χ0n) is 16.7. The molecule has 3 rings (SSSR count).